The maximum atomic E-state index is 13.1. The van der Waals surface area contributed by atoms with Crippen molar-refractivity contribution < 1.29 is 23.9 Å². The maximum absolute atomic E-state index is 13.1. The number of aliphatic carboxylic acids is 1. The van der Waals surface area contributed by atoms with Crippen LogP contribution in [0.15, 0.2) is 42.6 Å². The molecule has 3 aliphatic rings. The average molecular weight is 495 g/mol. The van der Waals surface area contributed by atoms with Gasteiger partial charge >= 0.3 is 12.0 Å². The number of halogens is 1. The number of carboxylic acid groups (broad SMARTS) is 1. The molecule has 2 bridgehead atoms. The van der Waals surface area contributed by atoms with Crippen molar-refractivity contribution in [1.82, 2.24) is 25.2 Å². The Bertz CT molecular complexity index is 1300. The van der Waals surface area contributed by atoms with E-state index in [1.807, 2.05) is 0 Å². The molecule has 3 aromatic rings. The minimum absolute atomic E-state index is 0.0841. The van der Waals surface area contributed by atoms with E-state index in [9.17, 15) is 23.9 Å². The average Bonchev–Trinajstić information content (AvgIpc) is 3.37. The second kappa shape index (κ2) is 9.21. The van der Waals surface area contributed by atoms with Crippen LogP contribution in [0.4, 0.5) is 15.0 Å². The molecule has 2 heterocycles. The Morgan fingerprint density at radius 3 is 2.36 bits per heavy atom. The Labute approximate surface area is 206 Å². The van der Waals surface area contributed by atoms with Crippen LogP contribution in [-0.2, 0) is 11.3 Å². The summed E-state index contributed by atoms with van der Waals surface area (Å²) in [4.78, 5) is 41.5. The molecule has 2 aromatic heterocycles. The van der Waals surface area contributed by atoms with Gasteiger partial charge in [-0.25, -0.2) is 14.2 Å². The van der Waals surface area contributed by atoms with Gasteiger partial charge < -0.3 is 15.7 Å². The number of benzene rings is 1. The summed E-state index contributed by atoms with van der Waals surface area (Å²) in [6.07, 6.45) is 5.76. The predicted molar refractivity (Wildman–Crippen MR) is 128 cm³/mol. The van der Waals surface area contributed by atoms with Gasteiger partial charge in [-0.3, -0.25) is 14.9 Å². The SMILES string of the molecule is O=C(NCC12CCC(C(=O)O)(CC1)CC2)Nc1cc(C(=O)NCc2ccc(F)cc2)nc2ccnn12. The summed E-state index contributed by atoms with van der Waals surface area (Å²) in [7, 11) is 0. The third-order valence-electron chi connectivity index (χ3n) is 7.68. The monoisotopic (exact) mass is 494 g/mol. The Morgan fingerprint density at radius 1 is 1.00 bits per heavy atom. The van der Waals surface area contributed by atoms with Gasteiger partial charge in [0.25, 0.3) is 5.91 Å². The fraction of sp³-hybridized carbons (Fsp3) is 0.400. The second-order valence-corrected chi connectivity index (χ2v) is 9.83. The molecule has 188 valence electrons. The van der Waals surface area contributed by atoms with Gasteiger partial charge in [-0.1, -0.05) is 12.1 Å². The zero-order valence-electron chi connectivity index (χ0n) is 19.6. The highest BCUT2D eigenvalue weighted by Crippen LogP contribution is 2.56. The molecule has 3 amide bonds. The normalized spacial score (nSPS) is 22.8. The predicted octanol–water partition coefficient (Wildman–Crippen LogP) is 3.35. The smallest absolute Gasteiger partial charge is 0.320 e. The second-order valence-electron chi connectivity index (χ2n) is 9.83. The van der Waals surface area contributed by atoms with Gasteiger partial charge in [-0.05, 0) is 61.6 Å². The van der Waals surface area contributed by atoms with Gasteiger partial charge in [0.1, 0.15) is 17.3 Å². The molecular weight excluding hydrogens is 467 g/mol. The zero-order valence-corrected chi connectivity index (χ0v) is 19.6. The van der Waals surface area contributed by atoms with E-state index >= 15 is 0 Å². The molecule has 10 nitrogen and oxygen atoms in total. The number of urea groups is 1. The van der Waals surface area contributed by atoms with Crippen molar-refractivity contribution in [2.45, 2.75) is 45.1 Å². The molecule has 0 atom stereocenters. The summed E-state index contributed by atoms with van der Waals surface area (Å²) >= 11 is 0. The van der Waals surface area contributed by atoms with E-state index < -0.39 is 23.3 Å². The highest BCUT2D eigenvalue weighted by molar-refractivity contribution is 5.95. The highest BCUT2D eigenvalue weighted by atomic mass is 19.1. The van der Waals surface area contributed by atoms with Crippen molar-refractivity contribution in [3.8, 4) is 0 Å². The maximum Gasteiger partial charge on any atom is 0.320 e. The molecule has 0 radical (unpaired) electrons. The van der Waals surface area contributed by atoms with Crippen LogP contribution in [0.2, 0.25) is 0 Å². The third kappa shape index (κ3) is 4.60. The Kier molecular flexibility index (Phi) is 6.07. The number of hydrogen-bond donors (Lipinski definition) is 4. The van der Waals surface area contributed by atoms with E-state index in [4.69, 9.17) is 0 Å². The number of rotatable bonds is 7. The number of carboxylic acids is 1. The van der Waals surface area contributed by atoms with Crippen LogP contribution in [-0.4, -0.2) is 44.2 Å². The van der Waals surface area contributed by atoms with Crippen molar-refractivity contribution in [1.29, 1.82) is 0 Å². The van der Waals surface area contributed by atoms with Crippen LogP contribution < -0.4 is 16.0 Å². The standard InChI is InChI=1S/C25H27FN6O4/c26-17-3-1-16(2-4-17)14-27-21(33)18-13-20(32-19(30-18)5-12-29-32)31-23(36)28-15-24-6-9-25(10-7-24,11-8-24)22(34)35/h1-5,12-13H,6-11,14-15H2,(H,27,33)(H,34,35)(H2,28,31,36). The molecule has 1 aromatic carbocycles. The molecule has 6 rings (SSSR count). The molecule has 3 aliphatic carbocycles. The van der Waals surface area contributed by atoms with Gasteiger partial charge in [0.05, 0.1) is 11.6 Å². The Morgan fingerprint density at radius 2 is 1.69 bits per heavy atom. The van der Waals surface area contributed by atoms with Crippen LogP contribution in [0.25, 0.3) is 5.65 Å². The fourth-order valence-corrected chi connectivity index (χ4v) is 5.27. The summed E-state index contributed by atoms with van der Waals surface area (Å²) < 4.78 is 14.5. The number of nitrogens with zero attached hydrogens (tertiary/aromatic N) is 3. The largest absolute Gasteiger partial charge is 0.481 e. The van der Waals surface area contributed by atoms with Crippen molar-refractivity contribution >= 4 is 29.4 Å². The molecule has 0 saturated heterocycles. The van der Waals surface area contributed by atoms with Gasteiger partial charge in [0, 0.05) is 25.2 Å². The summed E-state index contributed by atoms with van der Waals surface area (Å²) in [5.74, 6) is -1.23. The summed E-state index contributed by atoms with van der Waals surface area (Å²) in [5.41, 5.74) is 0.546. The lowest BCUT2D eigenvalue weighted by molar-refractivity contribution is -0.158. The van der Waals surface area contributed by atoms with Crippen LogP contribution in [0.1, 0.15) is 54.6 Å². The van der Waals surface area contributed by atoms with Crippen molar-refractivity contribution in [3.63, 3.8) is 0 Å². The molecule has 4 N–H and O–H groups in total. The minimum atomic E-state index is -0.708. The summed E-state index contributed by atoms with van der Waals surface area (Å²) in [6, 6.07) is 8.44. The van der Waals surface area contributed by atoms with E-state index in [2.05, 4.69) is 26.0 Å². The molecule has 3 fully saturated rings. The van der Waals surface area contributed by atoms with Crippen LogP contribution in [0, 0.1) is 16.6 Å². The van der Waals surface area contributed by atoms with Crippen molar-refractivity contribution in [2.24, 2.45) is 10.8 Å². The number of hydrogen-bond acceptors (Lipinski definition) is 5. The molecule has 11 heteroatoms. The van der Waals surface area contributed by atoms with E-state index in [0.717, 1.165) is 24.8 Å². The van der Waals surface area contributed by atoms with Crippen LogP contribution in [0.3, 0.4) is 0 Å². The number of carbonyl (C=O) groups excluding carboxylic acids is 2. The molecule has 36 heavy (non-hydrogen) atoms. The van der Waals surface area contributed by atoms with Gasteiger partial charge in [-0.2, -0.15) is 9.61 Å². The van der Waals surface area contributed by atoms with Crippen molar-refractivity contribution in [2.75, 3.05) is 11.9 Å². The molecule has 0 unspecified atom stereocenters. The lowest BCUT2D eigenvalue weighted by atomic mass is 9.53. The topological polar surface area (TPSA) is 138 Å². The lowest BCUT2D eigenvalue weighted by Crippen LogP contribution is -2.50. The van der Waals surface area contributed by atoms with Crippen LogP contribution in [0.5, 0.6) is 0 Å². The summed E-state index contributed by atoms with van der Waals surface area (Å²) in [5, 5.41) is 22.2. The highest BCUT2D eigenvalue weighted by Gasteiger charge is 2.52. The number of nitrogens with one attached hydrogen (secondary N) is 3. The lowest BCUT2D eigenvalue weighted by Gasteiger charge is -2.51. The molecular formula is C25H27FN6O4. The van der Waals surface area contributed by atoms with Gasteiger partial charge in [0.2, 0.25) is 0 Å². The molecule has 0 aliphatic heterocycles. The molecule has 0 spiro atoms. The number of fused-ring (bicyclic) bond motifs is 4. The number of aromatic nitrogens is 3. The Balaban J connectivity index is 1.23. The van der Waals surface area contributed by atoms with E-state index in [1.54, 1.807) is 18.2 Å². The minimum Gasteiger partial charge on any atom is -0.481 e. The number of anilines is 1. The first kappa shape index (κ1) is 23.7. The third-order valence-corrected chi connectivity index (χ3v) is 7.68. The Hall–Kier alpha value is -4.02. The first-order valence-corrected chi connectivity index (χ1v) is 11.9. The fourth-order valence-electron chi connectivity index (χ4n) is 5.27. The van der Waals surface area contributed by atoms with E-state index in [-0.39, 0.29) is 29.3 Å². The quantitative estimate of drug-likeness (QED) is 0.398. The van der Waals surface area contributed by atoms with E-state index in [0.29, 0.717) is 31.5 Å². The number of amides is 3. The van der Waals surface area contributed by atoms with E-state index in [1.165, 1.54) is 28.9 Å². The van der Waals surface area contributed by atoms with Gasteiger partial charge in [-0.15, -0.1) is 0 Å². The first-order chi connectivity index (χ1) is 17.3. The summed E-state index contributed by atoms with van der Waals surface area (Å²) in [6.45, 7) is 0.645. The first-order valence-electron chi connectivity index (χ1n) is 11.9. The van der Waals surface area contributed by atoms with Crippen molar-refractivity contribution in [3.05, 3.63) is 59.7 Å². The van der Waals surface area contributed by atoms with Crippen LogP contribution >= 0.6 is 0 Å². The zero-order chi connectivity index (χ0) is 25.3. The number of carbonyl (C=O) groups is 3. The van der Waals surface area contributed by atoms with Gasteiger partial charge in [0.15, 0.2) is 5.65 Å². The molecule has 3 saturated carbocycles.